The van der Waals surface area contributed by atoms with Crippen LogP contribution in [0.5, 0.6) is 0 Å². The summed E-state index contributed by atoms with van der Waals surface area (Å²) in [6.45, 7) is 15.3. The van der Waals surface area contributed by atoms with Crippen molar-refractivity contribution in [3.05, 3.63) is 57.6 Å². The third-order valence-corrected chi connectivity index (χ3v) is 5.29. The second-order valence-corrected chi connectivity index (χ2v) is 9.51. The van der Waals surface area contributed by atoms with Gasteiger partial charge in [0.2, 0.25) is 0 Å². The first-order valence-electron chi connectivity index (χ1n) is 10.8. The largest absolute Gasteiger partial charge is 0.507 e. The van der Waals surface area contributed by atoms with Crippen molar-refractivity contribution in [2.45, 2.75) is 81.1 Å². The zero-order valence-corrected chi connectivity index (χ0v) is 20.3. The number of aliphatic hydroxyl groups excluding tert-OH is 1. The van der Waals surface area contributed by atoms with Crippen LogP contribution in [-0.4, -0.2) is 21.9 Å². The zero-order valence-electron chi connectivity index (χ0n) is 20.3. The Kier molecular flexibility index (Phi) is 9.70. The van der Waals surface area contributed by atoms with Crippen molar-refractivity contribution in [1.82, 2.24) is 0 Å². The van der Waals surface area contributed by atoms with Crippen molar-refractivity contribution >= 4 is 11.6 Å². The van der Waals surface area contributed by atoms with E-state index in [1.807, 2.05) is 73.6 Å². The lowest BCUT2D eigenvalue weighted by molar-refractivity contribution is -0.221. The van der Waals surface area contributed by atoms with Crippen LogP contribution in [-0.2, 0) is 14.5 Å². The molecule has 0 saturated carbocycles. The summed E-state index contributed by atoms with van der Waals surface area (Å²) in [6, 6.07) is 0. The standard InChI is InChI=1S/C26H38O5/c1-16(2)9-10-20-23(28)22(21(27)15-19(7)8)24(29)26(25(20)31-30,13-11-17(3)4)14-12-18(5)6/h9,11-12,19,28,30H,10,13-15H2,1-8H3. The summed E-state index contributed by atoms with van der Waals surface area (Å²) in [4.78, 5) is 31.7. The summed E-state index contributed by atoms with van der Waals surface area (Å²) in [5.41, 5.74) is 1.80. The molecule has 0 atom stereocenters. The average Bonchev–Trinajstić information content (AvgIpc) is 2.64. The highest BCUT2D eigenvalue weighted by Gasteiger charge is 2.51. The van der Waals surface area contributed by atoms with Gasteiger partial charge in [-0.3, -0.25) is 9.59 Å². The van der Waals surface area contributed by atoms with E-state index in [0.717, 1.165) is 16.7 Å². The molecule has 0 bridgehead atoms. The monoisotopic (exact) mass is 430 g/mol. The number of hydrogen-bond acceptors (Lipinski definition) is 5. The summed E-state index contributed by atoms with van der Waals surface area (Å²) in [5.74, 6) is -1.23. The van der Waals surface area contributed by atoms with Crippen molar-refractivity contribution < 1.29 is 24.8 Å². The minimum atomic E-state index is -1.30. The predicted octanol–water partition coefficient (Wildman–Crippen LogP) is 6.80. The maximum absolute atomic E-state index is 13.8. The van der Waals surface area contributed by atoms with Crippen molar-refractivity contribution in [3.63, 3.8) is 0 Å². The Hall–Kier alpha value is -2.40. The van der Waals surface area contributed by atoms with Crippen LogP contribution in [0.1, 0.15) is 81.1 Å². The Morgan fingerprint density at radius 3 is 1.84 bits per heavy atom. The van der Waals surface area contributed by atoms with E-state index in [-0.39, 0.29) is 60.0 Å². The van der Waals surface area contributed by atoms with E-state index >= 15 is 0 Å². The van der Waals surface area contributed by atoms with Crippen LogP contribution < -0.4 is 0 Å². The van der Waals surface area contributed by atoms with Crippen LogP contribution in [0.25, 0.3) is 0 Å². The van der Waals surface area contributed by atoms with Crippen molar-refractivity contribution in [1.29, 1.82) is 0 Å². The van der Waals surface area contributed by atoms with Gasteiger partial charge in [-0.05, 0) is 66.7 Å². The molecule has 0 radical (unpaired) electrons. The molecule has 0 fully saturated rings. The number of carbonyl (C=O) groups is 2. The van der Waals surface area contributed by atoms with Gasteiger partial charge in [0.1, 0.15) is 16.7 Å². The molecule has 0 aliphatic heterocycles. The number of hydrogen-bond donors (Lipinski definition) is 2. The predicted molar refractivity (Wildman–Crippen MR) is 124 cm³/mol. The molecule has 1 aliphatic carbocycles. The van der Waals surface area contributed by atoms with Crippen LogP contribution in [0, 0.1) is 11.3 Å². The SMILES string of the molecule is CC(C)=CCC1=C(OO)C(CC=C(C)C)(CC=C(C)C)C(=O)C(C(=O)CC(C)C)=C1O. The molecule has 1 aliphatic rings. The Bertz CT molecular complexity index is 830. The maximum Gasteiger partial charge on any atom is 0.184 e. The second-order valence-electron chi connectivity index (χ2n) is 9.51. The normalized spacial score (nSPS) is 15.7. The molecule has 0 aromatic heterocycles. The van der Waals surface area contributed by atoms with Crippen molar-refractivity contribution in [2.75, 3.05) is 0 Å². The lowest BCUT2D eigenvalue weighted by Gasteiger charge is -2.36. The average molecular weight is 431 g/mol. The first kappa shape index (κ1) is 26.6. The molecular formula is C26H38O5. The van der Waals surface area contributed by atoms with Crippen LogP contribution in [0.3, 0.4) is 0 Å². The fraction of sp³-hybridized carbons (Fsp3) is 0.538. The first-order valence-corrected chi connectivity index (χ1v) is 10.8. The molecular weight excluding hydrogens is 392 g/mol. The Labute approximate surface area is 186 Å². The third-order valence-electron chi connectivity index (χ3n) is 5.29. The lowest BCUT2D eigenvalue weighted by Crippen LogP contribution is -2.41. The van der Waals surface area contributed by atoms with E-state index in [0.29, 0.717) is 0 Å². The summed E-state index contributed by atoms with van der Waals surface area (Å²) >= 11 is 0. The maximum atomic E-state index is 13.8. The molecule has 0 unspecified atom stereocenters. The summed E-state index contributed by atoms with van der Waals surface area (Å²) < 4.78 is 0. The van der Waals surface area contributed by atoms with Crippen LogP contribution in [0.15, 0.2) is 57.6 Å². The Balaban J connectivity index is 3.92. The molecule has 5 nitrogen and oxygen atoms in total. The van der Waals surface area contributed by atoms with Gasteiger partial charge in [0, 0.05) is 12.0 Å². The van der Waals surface area contributed by atoms with Gasteiger partial charge in [0.05, 0.1) is 0 Å². The van der Waals surface area contributed by atoms with Gasteiger partial charge >= 0.3 is 0 Å². The molecule has 5 heteroatoms. The van der Waals surface area contributed by atoms with E-state index in [1.54, 1.807) is 0 Å². The van der Waals surface area contributed by atoms with Gasteiger partial charge in [-0.15, -0.1) is 0 Å². The minimum absolute atomic E-state index is 0.0172. The Morgan fingerprint density at radius 2 is 1.45 bits per heavy atom. The van der Waals surface area contributed by atoms with E-state index in [2.05, 4.69) is 0 Å². The fourth-order valence-electron chi connectivity index (χ4n) is 3.58. The highest BCUT2D eigenvalue weighted by molar-refractivity contribution is 6.24. The number of ketones is 2. The third kappa shape index (κ3) is 6.54. The second kappa shape index (κ2) is 11.3. The molecule has 1 rings (SSSR count). The fourth-order valence-corrected chi connectivity index (χ4v) is 3.58. The number of carbonyl (C=O) groups excluding carboxylic acids is 2. The molecule has 172 valence electrons. The van der Waals surface area contributed by atoms with Crippen LogP contribution in [0.4, 0.5) is 0 Å². The summed E-state index contributed by atoms with van der Waals surface area (Å²) in [6.07, 6.45) is 6.56. The molecule has 0 aromatic carbocycles. The first-order chi connectivity index (χ1) is 14.4. The van der Waals surface area contributed by atoms with Gasteiger partial charge in [-0.1, -0.05) is 48.8 Å². The van der Waals surface area contributed by atoms with Gasteiger partial charge < -0.3 is 9.99 Å². The van der Waals surface area contributed by atoms with Gasteiger partial charge in [-0.2, -0.15) is 0 Å². The summed E-state index contributed by atoms with van der Waals surface area (Å²) in [7, 11) is 0. The molecule has 0 amide bonds. The van der Waals surface area contributed by atoms with E-state index in [4.69, 9.17) is 4.89 Å². The van der Waals surface area contributed by atoms with Crippen molar-refractivity contribution in [3.8, 4) is 0 Å². The number of aliphatic hydroxyl groups is 1. The topological polar surface area (TPSA) is 83.8 Å². The molecule has 0 spiro atoms. The van der Waals surface area contributed by atoms with Gasteiger partial charge in [0.25, 0.3) is 0 Å². The van der Waals surface area contributed by atoms with Gasteiger partial charge in [-0.25, -0.2) is 5.26 Å². The molecule has 0 saturated heterocycles. The van der Waals surface area contributed by atoms with E-state index < -0.39 is 11.2 Å². The van der Waals surface area contributed by atoms with Crippen LogP contribution >= 0.6 is 0 Å². The number of allylic oxidation sites excluding steroid dienone is 9. The highest BCUT2D eigenvalue weighted by Crippen LogP contribution is 2.48. The van der Waals surface area contributed by atoms with Gasteiger partial charge in [0.15, 0.2) is 17.3 Å². The molecule has 0 heterocycles. The lowest BCUT2D eigenvalue weighted by atomic mass is 9.66. The Morgan fingerprint density at radius 1 is 0.968 bits per heavy atom. The molecule has 2 N–H and O–H groups in total. The highest BCUT2D eigenvalue weighted by atomic mass is 17.1. The quantitative estimate of drug-likeness (QED) is 0.172. The van der Waals surface area contributed by atoms with Crippen molar-refractivity contribution in [2.24, 2.45) is 11.3 Å². The number of Topliss-reactive ketones (excluding diaryl/α,β-unsaturated/α-hetero) is 2. The minimum Gasteiger partial charge on any atom is -0.507 e. The smallest absolute Gasteiger partial charge is 0.184 e. The number of rotatable bonds is 10. The molecule has 0 aromatic rings. The molecule has 31 heavy (non-hydrogen) atoms. The summed E-state index contributed by atoms with van der Waals surface area (Å²) in [5, 5.41) is 20.9. The zero-order chi connectivity index (χ0) is 23.9. The van der Waals surface area contributed by atoms with E-state index in [1.165, 1.54) is 0 Å². The van der Waals surface area contributed by atoms with E-state index in [9.17, 15) is 20.0 Å². The van der Waals surface area contributed by atoms with Crippen LogP contribution in [0.2, 0.25) is 0 Å².